The highest BCUT2D eigenvalue weighted by molar-refractivity contribution is 6.33. The van der Waals surface area contributed by atoms with Crippen molar-refractivity contribution in [2.24, 2.45) is 5.92 Å². The summed E-state index contributed by atoms with van der Waals surface area (Å²) in [5, 5.41) is 3.97. The Morgan fingerprint density at radius 3 is 2.88 bits per heavy atom. The van der Waals surface area contributed by atoms with Crippen LogP contribution in [0.3, 0.4) is 0 Å². The molecule has 0 aromatic heterocycles. The van der Waals surface area contributed by atoms with E-state index in [1.165, 1.54) is 12.5 Å². The average molecular weight is 262 g/mol. The minimum Gasteiger partial charge on any atom is -0.316 e. The van der Waals surface area contributed by atoms with Crippen molar-refractivity contribution in [1.29, 1.82) is 0 Å². The van der Waals surface area contributed by atoms with Gasteiger partial charge in [0.2, 0.25) is 0 Å². The van der Waals surface area contributed by atoms with Crippen LogP contribution >= 0.6 is 23.2 Å². The third kappa shape index (κ3) is 2.88. The van der Waals surface area contributed by atoms with Crippen LogP contribution in [0.25, 0.3) is 0 Å². The van der Waals surface area contributed by atoms with Crippen LogP contribution in [-0.2, 0) is 6.42 Å². The summed E-state index contributed by atoms with van der Waals surface area (Å²) in [4.78, 5) is 0. The molecule has 88 valence electrons. The maximum atomic E-state index is 13.4. The van der Waals surface area contributed by atoms with Gasteiger partial charge in [0.05, 0.1) is 5.02 Å². The first-order valence-corrected chi connectivity index (χ1v) is 6.26. The van der Waals surface area contributed by atoms with Gasteiger partial charge in [-0.2, -0.15) is 0 Å². The van der Waals surface area contributed by atoms with Crippen molar-refractivity contribution in [3.8, 4) is 0 Å². The lowest BCUT2D eigenvalue weighted by Gasteiger charge is -2.23. The van der Waals surface area contributed by atoms with E-state index in [0.717, 1.165) is 31.5 Å². The molecule has 2 rings (SSSR count). The van der Waals surface area contributed by atoms with Crippen molar-refractivity contribution in [2.45, 2.75) is 19.3 Å². The number of piperidine rings is 1. The van der Waals surface area contributed by atoms with Crippen LogP contribution in [0, 0.1) is 11.7 Å². The molecular weight excluding hydrogens is 248 g/mol. The molecule has 0 radical (unpaired) electrons. The molecular formula is C12H14Cl2FN. The summed E-state index contributed by atoms with van der Waals surface area (Å²) in [5.74, 6) is 0.108. The predicted molar refractivity (Wildman–Crippen MR) is 65.7 cm³/mol. The third-order valence-corrected chi connectivity index (χ3v) is 3.62. The van der Waals surface area contributed by atoms with Crippen LogP contribution in [0.4, 0.5) is 4.39 Å². The Morgan fingerprint density at radius 2 is 2.19 bits per heavy atom. The Kier molecular flexibility index (Phi) is 4.06. The first kappa shape index (κ1) is 12.2. The van der Waals surface area contributed by atoms with Crippen LogP contribution in [0.15, 0.2) is 12.1 Å². The third-order valence-electron chi connectivity index (χ3n) is 2.98. The summed E-state index contributed by atoms with van der Waals surface area (Å²) >= 11 is 11.8. The van der Waals surface area contributed by atoms with Gasteiger partial charge < -0.3 is 5.32 Å². The number of hydrogen-bond donors (Lipinski definition) is 1. The first-order chi connectivity index (χ1) is 7.66. The van der Waals surface area contributed by atoms with E-state index < -0.39 is 5.82 Å². The van der Waals surface area contributed by atoms with Crippen LogP contribution < -0.4 is 5.32 Å². The number of benzene rings is 1. The fourth-order valence-corrected chi connectivity index (χ4v) is 2.58. The number of nitrogens with one attached hydrogen (secondary N) is 1. The largest absolute Gasteiger partial charge is 0.316 e. The van der Waals surface area contributed by atoms with Crippen molar-refractivity contribution in [2.75, 3.05) is 13.1 Å². The van der Waals surface area contributed by atoms with E-state index >= 15 is 0 Å². The Bertz CT molecular complexity index is 376. The monoisotopic (exact) mass is 261 g/mol. The summed E-state index contributed by atoms with van der Waals surface area (Å²) in [6.07, 6.45) is 3.13. The molecule has 4 heteroatoms. The van der Waals surface area contributed by atoms with Gasteiger partial charge in [-0.25, -0.2) is 4.39 Å². The van der Waals surface area contributed by atoms with Gasteiger partial charge in [0, 0.05) is 5.02 Å². The zero-order valence-corrected chi connectivity index (χ0v) is 10.4. The molecule has 1 aromatic carbocycles. The SMILES string of the molecule is Fc1cc(Cl)cc(CC2CCCNC2)c1Cl. The van der Waals surface area contributed by atoms with Gasteiger partial charge >= 0.3 is 0 Å². The Hall–Kier alpha value is -0.310. The quantitative estimate of drug-likeness (QED) is 0.802. The minimum atomic E-state index is -0.423. The summed E-state index contributed by atoms with van der Waals surface area (Å²) < 4.78 is 13.4. The molecule has 1 nitrogen and oxygen atoms in total. The molecule has 1 atom stereocenters. The average Bonchev–Trinajstić information content (AvgIpc) is 2.27. The lowest BCUT2D eigenvalue weighted by atomic mass is 9.92. The molecule has 0 aliphatic carbocycles. The van der Waals surface area contributed by atoms with Crippen LogP contribution in [0.5, 0.6) is 0 Å². The van der Waals surface area contributed by atoms with E-state index in [-0.39, 0.29) is 5.02 Å². The molecule has 1 saturated heterocycles. The van der Waals surface area contributed by atoms with Crippen molar-refractivity contribution in [3.05, 3.63) is 33.6 Å². The van der Waals surface area contributed by atoms with Crippen molar-refractivity contribution < 1.29 is 4.39 Å². The molecule has 0 saturated carbocycles. The second-order valence-electron chi connectivity index (χ2n) is 4.28. The van der Waals surface area contributed by atoms with Gasteiger partial charge in [-0.3, -0.25) is 0 Å². The molecule has 1 N–H and O–H groups in total. The zero-order chi connectivity index (χ0) is 11.5. The summed E-state index contributed by atoms with van der Waals surface area (Å²) in [7, 11) is 0. The Morgan fingerprint density at radius 1 is 1.38 bits per heavy atom. The van der Waals surface area contributed by atoms with E-state index in [1.54, 1.807) is 6.07 Å². The lowest BCUT2D eigenvalue weighted by Crippen LogP contribution is -2.30. The summed E-state index contributed by atoms with van der Waals surface area (Å²) in [6.45, 7) is 2.05. The predicted octanol–water partition coefficient (Wildman–Crippen LogP) is 3.67. The normalized spacial score (nSPS) is 21.1. The highest BCUT2D eigenvalue weighted by Crippen LogP contribution is 2.28. The second-order valence-corrected chi connectivity index (χ2v) is 5.09. The molecule has 1 unspecified atom stereocenters. The van der Waals surface area contributed by atoms with Crippen molar-refractivity contribution in [3.63, 3.8) is 0 Å². The molecule has 1 aliphatic rings. The van der Waals surface area contributed by atoms with Gasteiger partial charge in [-0.15, -0.1) is 0 Å². The number of rotatable bonds is 2. The van der Waals surface area contributed by atoms with Crippen LogP contribution in [0.2, 0.25) is 10.0 Å². The number of halogens is 3. The highest BCUT2D eigenvalue weighted by atomic mass is 35.5. The van der Waals surface area contributed by atoms with Crippen molar-refractivity contribution >= 4 is 23.2 Å². The minimum absolute atomic E-state index is 0.218. The first-order valence-electron chi connectivity index (χ1n) is 5.51. The Balaban J connectivity index is 2.13. The highest BCUT2D eigenvalue weighted by Gasteiger charge is 2.16. The molecule has 0 amide bonds. The summed E-state index contributed by atoms with van der Waals surface area (Å²) in [6, 6.07) is 3.02. The molecule has 1 fully saturated rings. The van der Waals surface area contributed by atoms with E-state index in [1.807, 2.05) is 0 Å². The molecule has 0 spiro atoms. The van der Waals surface area contributed by atoms with E-state index in [4.69, 9.17) is 23.2 Å². The van der Waals surface area contributed by atoms with E-state index in [0.29, 0.717) is 10.9 Å². The van der Waals surface area contributed by atoms with Crippen LogP contribution in [0.1, 0.15) is 18.4 Å². The lowest BCUT2D eigenvalue weighted by molar-refractivity contribution is 0.376. The maximum absolute atomic E-state index is 13.4. The molecule has 1 heterocycles. The Labute approximate surface area is 105 Å². The van der Waals surface area contributed by atoms with Crippen molar-refractivity contribution in [1.82, 2.24) is 5.32 Å². The molecule has 16 heavy (non-hydrogen) atoms. The maximum Gasteiger partial charge on any atom is 0.143 e. The molecule has 0 bridgehead atoms. The fraction of sp³-hybridized carbons (Fsp3) is 0.500. The van der Waals surface area contributed by atoms with Gasteiger partial charge in [-0.05, 0) is 56.0 Å². The number of hydrogen-bond acceptors (Lipinski definition) is 1. The summed E-state index contributed by atoms with van der Waals surface area (Å²) in [5.41, 5.74) is 0.820. The van der Waals surface area contributed by atoms with Crippen LogP contribution in [-0.4, -0.2) is 13.1 Å². The van der Waals surface area contributed by atoms with Gasteiger partial charge in [0.25, 0.3) is 0 Å². The van der Waals surface area contributed by atoms with Gasteiger partial charge in [-0.1, -0.05) is 23.2 Å². The van der Waals surface area contributed by atoms with E-state index in [2.05, 4.69) is 5.32 Å². The second kappa shape index (κ2) is 5.35. The fourth-order valence-electron chi connectivity index (χ4n) is 2.17. The van der Waals surface area contributed by atoms with E-state index in [9.17, 15) is 4.39 Å². The van der Waals surface area contributed by atoms with Gasteiger partial charge in [0.15, 0.2) is 0 Å². The van der Waals surface area contributed by atoms with Gasteiger partial charge in [0.1, 0.15) is 5.82 Å². The smallest absolute Gasteiger partial charge is 0.143 e. The standard InChI is InChI=1S/C12H14Cl2FN/c13-10-5-9(12(14)11(15)6-10)4-8-2-1-3-16-7-8/h5-6,8,16H,1-4,7H2. The topological polar surface area (TPSA) is 12.0 Å². The molecule has 1 aromatic rings. The zero-order valence-electron chi connectivity index (χ0n) is 8.90. The molecule has 1 aliphatic heterocycles.